The summed E-state index contributed by atoms with van der Waals surface area (Å²) in [4.78, 5) is 10.8. The first-order valence-corrected chi connectivity index (χ1v) is 5.52. The zero-order valence-corrected chi connectivity index (χ0v) is 10.4. The van der Waals surface area contributed by atoms with Crippen molar-refractivity contribution in [3.63, 3.8) is 0 Å². The van der Waals surface area contributed by atoms with Crippen LogP contribution in [0.1, 0.15) is 10.4 Å². The molecule has 0 saturated heterocycles. The summed E-state index contributed by atoms with van der Waals surface area (Å²) in [7, 11) is 0. The fourth-order valence-electron chi connectivity index (χ4n) is 1.09. The van der Waals surface area contributed by atoms with E-state index >= 15 is 0 Å². The van der Waals surface area contributed by atoms with Crippen LogP contribution in [0.25, 0.3) is 0 Å². The second kappa shape index (κ2) is 6.22. The molecule has 0 saturated carbocycles. The third-order valence-corrected chi connectivity index (χ3v) is 2.44. The largest absolute Gasteiger partial charge is 0.478 e. The normalized spacial score (nSPS) is 9.47. The van der Waals surface area contributed by atoms with E-state index in [2.05, 4.69) is 17.2 Å². The van der Waals surface area contributed by atoms with E-state index in [4.69, 9.17) is 28.9 Å². The van der Waals surface area contributed by atoms with Crippen LogP contribution in [0.4, 0.5) is 5.69 Å². The number of aromatic carboxylic acids is 1. The van der Waals surface area contributed by atoms with Crippen molar-refractivity contribution in [3.05, 3.63) is 41.4 Å². The zero-order valence-electron chi connectivity index (χ0n) is 8.87. The van der Waals surface area contributed by atoms with Gasteiger partial charge in [0.15, 0.2) is 5.11 Å². The lowest BCUT2D eigenvalue weighted by Crippen LogP contribution is -2.28. The highest BCUT2D eigenvalue weighted by Crippen LogP contribution is 2.22. The van der Waals surface area contributed by atoms with Crippen LogP contribution < -0.4 is 10.6 Å². The molecule has 0 fully saturated rings. The molecule has 1 aromatic carbocycles. The summed E-state index contributed by atoms with van der Waals surface area (Å²) >= 11 is 10.9. The molecule has 4 nitrogen and oxygen atoms in total. The zero-order chi connectivity index (χ0) is 12.8. The summed E-state index contributed by atoms with van der Waals surface area (Å²) in [6, 6.07) is 4.35. The molecule has 0 aliphatic heterocycles. The minimum absolute atomic E-state index is 0.142. The second-order valence-electron chi connectivity index (χ2n) is 3.12. The number of carboxylic acids is 1. The number of rotatable bonds is 4. The third kappa shape index (κ3) is 4.05. The Morgan fingerprint density at radius 1 is 1.59 bits per heavy atom. The molecule has 0 bridgehead atoms. The first-order valence-electron chi connectivity index (χ1n) is 4.73. The van der Waals surface area contributed by atoms with Crippen molar-refractivity contribution in [2.75, 3.05) is 11.9 Å². The van der Waals surface area contributed by atoms with Crippen molar-refractivity contribution >= 4 is 40.6 Å². The van der Waals surface area contributed by atoms with Gasteiger partial charge >= 0.3 is 5.97 Å². The number of halogens is 1. The molecule has 0 aliphatic rings. The van der Waals surface area contributed by atoms with E-state index < -0.39 is 5.97 Å². The maximum Gasteiger partial charge on any atom is 0.335 e. The Labute approximate surface area is 109 Å². The van der Waals surface area contributed by atoms with E-state index in [0.717, 1.165) is 0 Å². The number of hydrogen-bond acceptors (Lipinski definition) is 2. The Balaban J connectivity index is 2.82. The molecule has 6 heteroatoms. The lowest BCUT2D eigenvalue weighted by Gasteiger charge is -2.11. The van der Waals surface area contributed by atoms with Crippen LogP contribution in [0.5, 0.6) is 0 Å². The van der Waals surface area contributed by atoms with E-state index in [1.807, 2.05) is 0 Å². The van der Waals surface area contributed by atoms with Gasteiger partial charge in [-0.2, -0.15) is 0 Å². The van der Waals surface area contributed by atoms with Crippen LogP contribution in [0.15, 0.2) is 30.9 Å². The Bertz CT molecular complexity index is 463. The maximum atomic E-state index is 10.8. The quantitative estimate of drug-likeness (QED) is 0.580. The van der Waals surface area contributed by atoms with Gasteiger partial charge < -0.3 is 15.7 Å². The highest BCUT2D eigenvalue weighted by Gasteiger charge is 2.08. The van der Waals surface area contributed by atoms with E-state index in [9.17, 15) is 4.79 Å². The SMILES string of the molecule is C=CCNC(=S)Nc1cc(C(=O)O)ccc1Cl. The van der Waals surface area contributed by atoms with E-state index in [0.29, 0.717) is 22.4 Å². The molecular formula is C11H11ClN2O2S. The fourth-order valence-corrected chi connectivity index (χ4v) is 1.44. The summed E-state index contributed by atoms with van der Waals surface area (Å²) < 4.78 is 0. The number of anilines is 1. The molecule has 1 aromatic rings. The highest BCUT2D eigenvalue weighted by molar-refractivity contribution is 7.80. The molecule has 0 heterocycles. The van der Waals surface area contributed by atoms with Crippen LogP contribution >= 0.6 is 23.8 Å². The van der Waals surface area contributed by atoms with E-state index in [1.165, 1.54) is 18.2 Å². The maximum absolute atomic E-state index is 10.8. The van der Waals surface area contributed by atoms with Gasteiger partial charge in [-0.25, -0.2) is 4.79 Å². The van der Waals surface area contributed by atoms with Gasteiger partial charge in [-0.15, -0.1) is 6.58 Å². The van der Waals surface area contributed by atoms with Crippen molar-refractivity contribution in [3.8, 4) is 0 Å². The van der Waals surface area contributed by atoms with E-state index in [-0.39, 0.29) is 5.56 Å². The lowest BCUT2D eigenvalue weighted by molar-refractivity contribution is 0.0697. The van der Waals surface area contributed by atoms with Crippen molar-refractivity contribution in [1.29, 1.82) is 0 Å². The number of nitrogens with one attached hydrogen (secondary N) is 2. The number of carbonyl (C=O) groups is 1. The molecule has 0 atom stereocenters. The van der Waals surface area contributed by atoms with Gasteiger partial charge in [0.05, 0.1) is 16.3 Å². The first-order chi connectivity index (χ1) is 8.04. The molecular weight excluding hydrogens is 260 g/mol. The summed E-state index contributed by atoms with van der Waals surface area (Å²) in [5.41, 5.74) is 0.594. The molecule has 0 unspecified atom stereocenters. The van der Waals surface area contributed by atoms with E-state index in [1.54, 1.807) is 6.08 Å². The second-order valence-corrected chi connectivity index (χ2v) is 3.94. The number of carboxylic acid groups (broad SMARTS) is 1. The van der Waals surface area contributed by atoms with Crippen molar-refractivity contribution in [2.45, 2.75) is 0 Å². The van der Waals surface area contributed by atoms with Gasteiger partial charge in [-0.1, -0.05) is 17.7 Å². The Hall–Kier alpha value is -1.59. The standard InChI is InChI=1S/C11H11ClN2O2S/c1-2-5-13-11(17)14-9-6-7(10(15)16)3-4-8(9)12/h2-4,6H,1,5H2,(H,15,16)(H2,13,14,17). The summed E-state index contributed by atoms with van der Waals surface area (Å²) in [6.45, 7) is 4.06. The van der Waals surface area contributed by atoms with Gasteiger partial charge in [0.25, 0.3) is 0 Å². The Morgan fingerprint density at radius 2 is 2.29 bits per heavy atom. The monoisotopic (exact) mass is 270 g/mol. The molecule has 90 valence electrons. The molecule has 0 spiro atoms. The topological polar surface area (TPSA) is 61.4 Å². The van der Waals surface area contributed by atoms with Crippen LogP contribution in [0.2, 0.25) is 5.02 Å². The molecule has 0 aromatic heterocycles. The van der Waals surface area contributed by atoms with Crippen molar-refractivity contribution in [1.82, 2.24) is 5.32 Å². The molecule has 0 amide bonds. The Morgan fingerprint density at radius 3 is 2.88 bits per heavy atom. The molecule has 3 N–H and O–H groups in total. The van der Waals surface area contributed by atoms with Crippen LogP contribution in [-0.4, -0.2) is 22.7 Å². The average Bonchev–Trinajstić information content (AvgIpc) is 2.29. The number of benzene rings is 1. The van der Waals surface area contributed by atoms with Crippen LogP contribution in [0, 0.1) is 0 Å². The summed E-state index contributed by atoms with van der Waals surface area (Å²) in [5, 5.41) is 15.3. The molecule has 17 heavy (non-hydrogen) atoms. The Kier molecular flexibility index (Phi) is 4.93. The minimum Gasteiger partial charge on any atom is -0.478 e. The van der Waals surface area contributed by atoms with Gasteiger partial charge in [-0.3, -0.25) is 0 Å². The average molecular weight is 271 g/mol. The first kappa shape index (κ1) is 13.5. The van der Waals surface area contributed by atoms with Gasteiger partial charge in [0.2, 0.25) is 0 Å². The number of hydrogen-bond donors (Lipinski definition) is 3. The van der Waals surface area contributed by atoms with Gasteiger partial charge in [0.1, 0.15) is 0 Å². The van der Waals surface area contributed by atoms with Crippen molar-refractivity contribution < 1.29 is 9.90 Å². The van der Waals surface area contributed by atoms with Crippen LogP contribution in [-0.2, 0) is 0 Å². The summed E-state index contributed by atoms with van der Waals surface area (Å²) in [6.07, 6.45) is 1.66. The fraction of sp³-hybridized carbons (Fsp3) is 0.0909. The highest BCUT2D eigenvalue weighted by atomic mass is 35.5. The van der Waals surface area contributed by atoms with Crippen LogP contribution in [0.3, 0.4) is 0 Å². The smallest absolute Gasteiger partial charge is 0.335 e. The predicted octanol–water partition coefficient (Wildman–Crippen LogP) is 2.51. The van der Waals surface area contributed by atoms with Crippen molar-refractivity contribution in [2.24, 2.45) is 0 Å². The summed E-state index contributed by atoms with van der Waals surface area (Å²) in [5.74, 6) is -1.02. The minimum atomic E-state index is -1.02. The van der Waals surface area contributed by atoms with Gasteiger partial charge in [-0.05, 0) is 30.4 Å². The molecule has 0 radical (unpaired) electrons. The van der Waals surface area contributed by atoms with Gasteiger partial charge in [0, 0.05) is 6.54 Å². The predicted molar refractivity (Wildman–Crippen MR) is 72.8 cm³/mol. The lowest BCUT2D eigenvalue weighted by atomic mass is 10.2. The molecule has 0 aliphatic carbocycles. The molecule has 1 rings (SSSR count). The third-order valence-electron chi connectivity index (χ3n) is 1.87. The number of thiocarbonyl (C=S) groups is 1.